The molecular formula is C17H13NO3S2. The Labute approximate surface area is 141 Å². The highest BCUT2D eigenvalue weighted by Crippen LogP contribution is 2.45. The Bertz CT molecular complexity index is 896. The first-order chi connectivity index (χ1) is 11.2. The summed E-state index contributed by atoms with van der Waals surface area (Å²) in [6.45, 7) is 0. The van der Waals surface area contributed by atoms with Crippen LogP contribution >= 0.6 is 23.1 Å². The highest BCUT2D eigenvalue weighted by molar-refractivity contribution is 7.98. The third-order valence-corrected chi connectivity index (χ3v) is 5.73. The molecule has 0 bridgehead atoms. The third kappa shape index (κ3) is 2.29. The fourth-order valence-electron chi connectivity index (χ4n) is 2.90. The quantitative estimate of drug-likeness (QED) is 0.705. The number of thiazole rings is 1. The Kier molecular flexibility index (Phi) is 3.50. The second-order valence-electron chi connectivity index (χ2n) is 5.24. The van der Waals surface area contributed by atoms with Crippen molar-refractivity contribution in [3.05, 3.63) is 46.5 Å². The van der Waals surface area contributed by atoms with Gasteiger partial charge in [-0.25, -0.2) is 9.78 Å². The van der Waals surface area contributed by atoms with Crippen LogP contribution in [0.15, 0.2) is 39.8 Å². The highest BCUT2D eigenvalue weighted by Gasteiger charge is 2.32. The maximum Gasteiger partial charge on any atom is 0.372 e. The van der Waals surface area contributed by atoms with Gasteiger partial charge in [-0.3, -0.25) is 0 Å². The molecule has 0 unspecified atom stereocenters. The summed E-state index contributed by atoms with van der Waals surface area (Å²) in [5.41, 5.74) is 3.62. The summed E-state index contributed by atoms with van der Waals surface area (Å²) >= 11 is 3.10. The lowest BCUT2D eigenvalue weighted by molar-refractivity contribution is 0.0655. The molecule has 0 amide bonds. The summed E-state index contributed by atoms with van der Waals surface area (Å²) < 4.78 is 5.58. The van der Waals surface area contributed by atoms with Crippen LogP contribution in [0.25, 0.3) is 21.8 Å². The van der Waals surface area contributed by atoms with E-state index in [0.717, 1.165) is 33.8 Å². The molecule has 1 N–H and O–H groups in total. The molecule has 116 valence electrons. The van der Waals surface area contributed by atoms with Crippen molar-refractivity contribution in [1.82, 2.24) is 4.98 Å². The molecule has 1 aliphatic rings. The van der Waals surface area contributed by atoms with E-state index in [1.165, 1.54) is 16.6 Å². The van der Waals surface area contributed by atoms with Gasteiger partial charge in [0.2, 0.25) is 5.76 Å². The maximum atomic E-state index is 11.4. The molecular weight excluding hydrogens is 330 g/mol. The first-order valence-electron chi connectivity index (χ1n) is 7.17. The number of aromatic carboxylic acids is 1. The zero-order valence-electron chi connectivity index (χ0n) is 12.3. The Balaban J connectivity index is 1.90. The molecule has 4 rings (SSSR count). The molecule has 3 aromatic rings. The number of carboxylic acid groups (broad SMARTS) is 1. The van der Waals surface area contributed by atoms with Crippen LogP contribution in [0, 0.1) is 0 Å². The molecule has 1 aromatic carbocycles. The van der Waals surface area contributed by atoms with E-state index in [1.807, 2.05) is 36.6 Å². The number of hydrogen-bond acceptors (Lipinski definition) is 5. The molecule has 2 heterocycles. The number of nitrogens with zero attached hydrogens (tertiary/aromatic N) is 1. The van der Waals surface area contributed by atoms with E-state index in [-0.39, 0.29) is 5.76 Å². The minimum Gasteiger partial charge on any atom is -0.475 e. The van der Waals surface area contributed by atoms with E-state index >= 15 is 0 Å². The number of rotatable bonds is 3. The van der Waals surface area contributed by atoms with Crippen LogP contribution in [0.5, 0.6) is 0 Å². The molecule has 1 aliphatic carbocycles. The molecule has 0 radical (unpaired) electrons. The molecule has 0 saturated heterocycles. The molecule has 23 heavy (non-hydrogen) atoms. The normalized spacial score (nSPS) is 12.7. The lowest BCUT2D eigenvalue weighted by Gasteiger charge is -2.10. The molecule has 6 heteroatoms. The van der Waals surface area contributed by atoms with E-state index in [0.29, 0.717) is 11.5 Å². The number of aryl methyl sites for hydroxylation is 1. The summed E-state index contributed by atoms with van der Waals surface area (Å²) in [6, 6.07) is 10.1. The zero-order chi connectivity index (χ0) is 16.0. The number of carboxylic acids is 1. The van der Waals surface area contributed by atoms with Crippen molar-refractivity contribution in [1.29, 1.82) is 0 Å². The minimum atomic E-state index is -1.01. The van der Waals surface area contributed by atoms with Crippen LogP contribution in [0.4, 0.5) is 0 Å². The smallest absolute Gasteiger partial charge is 0.372 e. The van der Waals surface area contributed by atoms with E-state index in [1.54, 1.807) is 11.3 Å². The van der Waals surface area contributed by atoms with Gasteiger partial charge in [-0.1, -0.05) is 42.1 Å². The maximum absolute atomic E-state index is 11.4. The average molecular weight is 343 g/mol. The third-order valence-electron chi connectivity index (χ3n) is 3.91. The molecule has 0 spiro atoms. The molecule has 4 nitrogen and oxygen atoms in total. The monoisotopic (exact) mass is 343 g/mol. The van der Waals surface area contributed by atoms with Gasteiger partial charge in [0.05, 0.1) is 11.3 Å². The van der Waals surface area contributed by atoms with Crippen LogP contribution in [0.2, 0.25) is 0 Å². The van der Waals surface area contributed by atoms with Crippen LogP contribution < -0.4 is 0 Å². The summed E-state index contributed by atoms with van der Waals surface area (Å²) in [6.07, 6.45) is 3.38. The minimum absolute atomic E-state index is 0.0595. The standard InChI is InChI=1S/C17H13NO3S2/c1-22-17-12-10(14(21-17)16(19)20)7-8-11-13(12)18-15(23-11)9-5-3-2-4-6-9/h2-6H,7-8H2,1H3,(H,19,20). The van der Waals surface area contributed by atoms with E-state index in [9.17, 15) is 9.90 Å². The number of aromatic nitrogens is 1. The fraction of sp³-hybridized carbons (Fsp3) is 0.176. The van der Waals surface area contributed by atoms with E-state index in [2.05, 4.69) is 0 Å². The summed E-state index contributed by atoms with van der Waals surface area (Å²) in [7, 11) is 0. The molecule has 0 aliphatic heterocycles. The van der Waals surface area contributed by atoms with Gasteiger partial charge in [-0.15, -0.1) is 11.3 Å². The van der Waals surface area contributed by atoms with Crippen molar-refractivity contribution in [3.8, 4) is 21.8 Å². The zero-order valence-corrected chi connectivity index (χ0v) is 14.0. The second kappa shape index (κ2) is 5.54. The molecule has 0 fully saturated rings. The number of furan rings is 1. The van der Waals surface area contributed by atoms with Gasteiger partial charge in [0.15, 0.2) is 5.09 Å². The molecule has 0 saturated carbocycles. The topological polar surface area (TPSA) is 63.3 Å². The number of carbonyl (C=O) groups is 1. The van der Waals surface area contributed by atoms with Crippen molar-refractivity contribution in [2.24, 2.45) is 0 Å². The van der Waals surface area contributed by atoms with Crippen LogP contribution in [0.1, 0.15) is 21.0 Å². The van der Waals surface area contributed by atoms with Crippen molar-refractivity contribution >= 4 is 29.1 Å². The SMILES string of the molecule is CSc1oc(C(=O)O)c2c1-c1nc(-c3ccccc3)sc1CC2. The molecule has 0 atom stereocenters. The second-order valence-corrected chi connectivity index (χ2v) is 7.10. The fourth-order valence-corrected chi connectivity index (χ4v) is 4.56. The Morgan fingerprint density at radius 2 is 2.09 bits per heavy atom. The summed E-state index contributed by atoms with van der Waals surface area (Å²) in [5, 5.41) is 11.0. The van der Waals surface area contributed by atoms with Gasteiger partial charge >= 0.3 is 5.97 Å². The predicted octanol–water partition coefficient (Wildman–Crippen LogP) is 4.59. The lowest BCUT2D eigenvalue weighted by Crippen LogP contribution is -2.05. The van der Waals surface area contributed by atoms with Gasteiger partial charge in [-0.05, 0) is 19.1 Å². The lowest BCUT2D eigenvalue weighted by atomic mass is 9.95. The van der Waals surface area contributed by atoms with E-state index in [4.69, 9.17) is 9.40 Å². The Morgan fingerprint density at radius 1 is 1.30 bits per heavy atom. The van der Waals surface area contributed by atoms with Crippen LogP contribution in [0.3, 0.4) is 0 Å². The Hall–Kier alpha value is -2.05. The Morgan fingerprint density at radius 3 is 2.78 bits per heavy atom. The summed E-state index contributed by atoms with van der Waals surface area (Å²) in [4.78, 5) is 17.4. The first-order valence-corrected chi connectivity index (χ1v) is 9.21. The number of fused-ring (bicyclic) bond motifs is 3. The number of hydrogen-bond donors (Lipinski definition) is 1. The van der Waals surface area contributed by atoms with Crippen molar-refractivity contribution in [2.75, 3.05) is 6.26 Å². The van der Waals surface area contributed by atoms with Gasteiger partial charge in [0.1, 0.15) is 5.01 Å². The van der Waals surface area contributed by atoms with E-state index < -0.39 is 5.97 Å². The van der Waals surface area contributed by atoms with Crippen molar-refractivity contribution in [2.45, 2.75) is 17.9 Å². The van der Waals surface area contributed by atoms with Gasteiger partial charge in [0, 0.05) is 16.0 Å². The van der Waals surface area contributed by atoms with Crippen molar-refractivity contribution in [3.63, 3.8) is 0 Å². The van der Waals surface area contributed by atoms with Crippen LogP contribution in [-0.2, 0) is 12.8 Å². The van der Waals surface area contributed by atoms with Crippen molar-refractivity contribution < 1.29 is 14.3 Å². The van der Waals surface area contributed by atoms with Gasteiger partial charge in [-0.2, -0.15) is 0 Å². The largest absolute Gasteiger partial charge is 0.475 e. The predicted molar refractivity (Wildman–Crippen MR) is 91.4 cm³/mol. The number of benzene rings is 1. The summed E-state index contributed by atoms with van der Waals surface area (Å²) in [5.74, 6) is -0.951. The first kappa shape index (κ1) is 14.5. The molecule has 2 aromatic heterocycles. The number of thioether (sulfide) groups is 1. The average Bonchev–Trinajstić information content (AvgIpc) is 3.16. The highest BCUT2D eigenvalue weighted by atomic mass is 32.2. The van der Waals surface area contributed by atoms with Gasteiger partial charge < -0.3 is 9.52 Å². The van der Waals surface area contributed by atoms with Crippen LogP contribution in [-0.4, -0.2) is 22.3 Å². The van der Waals surface area contributed by atoms with Gasteiger partial charge in [0.25, 0.3) is 0 Å².